The minimum atomic E-state index is -0.320. The lowest BCUT2D eigenvalue weighted by molar-refractivity contribution is 0.630. The molecule has 6 nitrogen and oxygen atoms in total. The van der Waals surface area contributed by atoms with E-state index in [0.717, 1.165) is 32.0 Å². The number of anilines is 1. The summed E-state index contributed by atoms with van der Waals surface area (Å²) in [4.78, 5) is 7.61. The smallest absolute Gasteiger partial charge is 0.240 e. The molecule has 0 amide bonds. The van der Waals surface area contributed by atoms with Crippen LogP contribution in [0.15, 0.2) is 53.3 Å². The molecule has 0 bridgehead atoms. The summed E-state index contributed by atoms with van der Waals surface area (Å²) in [6.07, 6.45) is 3.77. The third kappa shape index (κ3) is 2.56. The zero-order valence-corrected chi connectivity index (χ0v) is 16.3. The van der Waals surface area contributed by atoms with Gasteiger partial charge in [0.25, 0.3) is 0 Å². The average Bonchev–Trinajstić information content (AvgIpc) is 3.22. The van der Waals surface area contributed by atoms with E-state index < -0.39 is 0 Å². The molecule has 0 unspecified atom stereocenters. The first-order valence-corrected chi connectivity index (χ1v) is 9.33. The summed E-state index contributed by atoms with van der Waals surface area (Å²) in [5.41, 5.74) is 10.4. The Labute approximate surface area is 167 Å². The number of rotatable bonds is 2. The van der Waals surface area contributed by atoms with Crippen molar-refractivity contribution in [2.75, 3.05) is 5.73 Å². The zero-order valence-electron chi connectivity index (χ0n) is 14.7. The Hall–Kier alpha value is -3.26. The summed E-state index contributed by atoms with van der Waals surface area (Å²) in [6.45, 7) is 0. The normalized spacial score (nSPS) is 11.5. The fourth-order valence-electron chi connectivity index (χ4n) is 3.55. The zero-order chi connectivity index (χ0) is 19.4. The van der Waals surface area contributed by atoms with E-state index in [1.807, 2.05) is 36.0 Å². The predicted molar refractivity (Wildman–Crippen MR) is 111 cm³/mol. The lowest BCUT2D eigenvalue weighted by atomic mass is 10.0. The Morgan fingerprint density at radius 2 is 1.89 bits per heavy atom. The number of nitrogens with zero attached hydrogens (tertiary/aromatic N) is 4. The number of nitrogen functional groups attached to an aromatic ring is 1. The van der Waals surface area contributed by atoms with Gasteiger partial charge in [0.1, 0.15) is 17.2 Å². The number of nitrogens with one attached hydrogen (secondary N) is 1. The summed E-state index contributed by atoms with van der Waals surface area (Å²) in [5, 5.41) is 10.0. The first-order valence-electron chi connectivity index (χ1n) is 8.53. The van der Waals surface area contributed by atoms with Crippen LogP contribution in [0.5, 0.6) is 0 Å². The minimum Gasteiger partial charge on any atom is -0.366 e. The summed E-state index contributed by atoms with van der Waals surface area (Å²) in [7, 11) is 1.97. The number of aromatic amines is 1. The van der Waals surface area contributed by atoms with E-state index in [1.165, 1.54) is 12.1 Å². The molecule has 138 valence electrons. The largest absolute Gasteiger partial charge is 0.366 e. The first kappa shape index (κ1) is 16.9. The highest BCUT2D eigenvalue weighted by Crippen LogP contribution is 2.38. The van der Waals surface area contributed by atoms with Gasteiger partial charge in [0, 0.05) is 56.8 Å². The van der Waals surface area contributed by atoms with Gasteiger partial charge in [-0.15, -0.1) is 10.2 Å². The molecule has 0 aliphatic carbocycles. The van der Waals surface area contributed by atoms with Crippen molar-refractivity contribution in [3.05, 3.63) is 59.1 Å². The van der Waals surface area contributed by atoms with Crippen LogP contribution >= 0.6 is 15.9 Å². The second kappa shape index (κ2) is 6.13. The van der Waals surface area contributed by atoms with Gasteiger partial charge in [-0.2, -0.15) is 0 Å². The van der Waals surface area contributed by atoms with Crippen LogP contribution in [-0.2, 0) is 7.05 Å². The van der Waals surface area contributed by atoms with E-state index in [4.69, 9.17) is 5.73 Å². The predicted octanol–water partition coefficient (Wildman–Crippen LogP) is 4.66. The molecule has 5 aromatic rings. The second-order valence-electron chi connectivity index (χ2n) is 6.57. The molecule has 0 atom stereocenters. The summed E-state index contributed by atoms with van der Waals surface area (Å²) in [5.74, 6) is -0.259. The van der Waals surface area contributed by atoms with Crippen LogP contribution in [0.25, 0.3) is 44.3 Å². The monoisotopic (exact) mass is 436 g/mol. The molecular weight excluding hydrogens is 423 g/mol. The lowest BCUT2D eigenvalue weighted by Crippen LogP contribution is -2.02. The van der Waals surface area contributed by atoms with Crippen molar-refractivity contribution in [1.82, 2.24) is 24.7 Å². The molecule has 3 heterocycles. The molecule has 3 N–H and O–H groups in total. The highest BCUT2D eigenvalue weighted by molar-refractivity contribution is 9.10. The van der Waals surface area contributed by atoms with Crippen molar-refractivity contribution in [1.29, 1.82) is 0 Å². The van der Waals surface area contributed by atoms with Crippen LogP contribution < -0.4 is 5.73 Å². The van der Waals surface area contributed by atoms with Gasteiger partial charge < -0.3 is 15.3 Å². The standard InChI is InChI=1S/C20H14BrFN6/c1-28-9-15(13-6-10(21)2-5-17(13)28)19-18(25-20(23)27-26-19)14-8-24-16-4-3-11(22)7-12(14)16/h2-9,24H,1H3,(H2,23,25,27). The fraction of sp³-hybridized carbons (Fsp3) is 0.0500. The number of hydrogen-bond donors (Lipinski definition) is 2. The molecule has 0 radical (unpaired) electrons. The first-order chi connectivity index (χ1) is 13.5. The van der Waals surface area contributed by atoms with Gasteiger partial charge in [-0.25, -0.2) is 9.37 Å². The van der Waals surface area contributed by atoms with E-state index in [-0.39, 0.29) is 11.8 Å². The van der Waals surface area contributed by atoms with Gasteiger partial charge in [-0.1, -0.05) is 15.9 Å². The van der Waals surface area contributed by atoms with Crippen LogP contribution in [-0.4, -0.2) is 24.7 Å². The van der Waals surface area contributed by atoms with E-state index in [2.05, 4.69) is 36.1 Å². The van der Waals surface area contributed by atoms with Crippen molar-refractivity contribution in [3.8, 4) is 22.5 Å². The summed E-state index contributed by atoms with van der Waals surface area (Å²) < 4.78 is 16.9. The molecule has 3 aromatic heterocycles. The van der Waals surface area contributed by atoms with Gasteiger partial charge >= 0.3 is 0 Å². The number of hydrogen-bond acceptors (Lipinski definition) is 4. The van der Waals surface area contributed by atoms with E-state index >= 15 is 0 Å². The quantitative estimate of drug-likeness (QED) is 0.421. The van der Waals surface area contributed by atoms with Crippen LogP contribution in [0, 0.1) is 5.82 Å². The molecule has 0 aliphatic rings. The number of halogens is 2. The van der Waals surface area contributed by atoms with Crippen LogP contribution in [0.3, 0.4) is 0 Å². The number of fused-ring (bicyclic) bond motifs is 2. The van der Waals surface area contributed by atoms with Gasteiger partial charge in [-0.3, -0.25) is 0 Å². The molecule has 0 spiro atoms. The molecule has 2 aromatic carbocycles. The Bertz CT molecular complexity index is 1370. The maximum absolute atomic E-state index is 13.9. The van der Waals surface area contributed by atoms with E-state index in [1.54, 1.807) is 12.3 Å². The van der Waals surface area contributed by atoms with Crippen molar-refractivity contribution in [2.24, 2.45) is 7.05 Å². The molecule has 0 aliphatic heterocycles. The van der Waals surface area contributed by atoms with E-state index in [9.17, 15) is 4.39 Å². The maximum atomic E-state index is 13.9. The average molecular weight is 437 g/mol. The van der Waals surface area contributed by atoms with E-state index in [0.29, 0.717) is 16.8 Å². The van der Waals surface area contributed by atoms with Crippen molar-refractivity contribution in [3.63, 3.8) is 0 Å². The number of nitrogens with two attached hydrogens (primary N) is 1. The van der Waals surface area contributed by atoms with Gasteiger partial charge in [0.15, 0.2) is 0 Å². The van der Waals surface area contributed by atoms with Gasteiger partial charge in [0.05, 0.1) is 0 Å². The maximum Gasteiger partial charge on any atom is 0.240 e. The van der Waals surface area contributed by atoms with Gasteiger partial charge in [0.2, 0.25) is 5.95 Å². The van der Waals surface area contributed by atoms with Crippen molar-refractivity contribution >= 4 is 43.7 Å². The fourth-order valence-corrected chi connectivity index (χ4v) is 3.91. The topological polar surface area (TPSA) is 85.4 Å². The Balaban J connectivity index is 1.84. The Morgan fingerprint density at radius 3 is 2.75 bits per heavy atom. The van der Waals surface area contributed by atoms with Crippen molar-refractivity contribution in [2.45, 2.75) is 0 Å². The van der Waals surface area contributed by atoms with Crippen LogP contribution in [0.2, 0.25) is 0 Å². The number of aromatic nitrogens is 5. The second-order valence-corrected chi connectivity index (χ2v) is 7.49. The molecule has 5 rings (SSSR count). The van der Waals surface area contributed by atoms with Crippen LogP contribution in [0.4, 0.5) is 10.3 Å². The van der Waals surface area contributed by atoms with Crippen LogP contribution in [0.1, 0.15) is 0 Å². The third-order valence-corrected chi connectivity index (χ3v) is 5.30. The third-order valence-electron chi connectivity index (χ3n) is 4.81. The molecule has 0 saturated heterocycles. The molecule has 0 fully saturated rings. The minimum absolute atomic E-state index is 0.0610. The molecular formula is C20H14BrFN6. The van der Waals surface area contributed by atoms with Gasteiger partial charge in [-0.05, 0) is 36.4 Å². The number of H-pyrrole nitrogens is 1. The number of benzene rings is 2. The molecule has 0 saturated carbocycles. The lowest BCUT2D eigenvalue weighted by Gasteiger charge is -2.07. The Morgan fingerprint density at radius 1 is 1.04 bits per heavy atom. The molecule has 8 heteroatoms. The Kier molecular flexibility index (Phi) is 3.70. The number of aryl methyl sites for hydroxylation is 1. The molecule has 28 heavy (non-hydrogen) atoms. The van der Waals surface area contributed by atoms with Crippen molar-refractivity contribution < 1.29 is 4.39 Å². The summed E-state index contributed by atoms with van der Waals surface area (Å²) in [6, 6.07) is 10.6. The highest BCUT2D eigenvalue weighted by atomic mass is 79.9. The summed E-state index contributed by atoms with van der Waals surface area (Å²) >= 11 is 3.53. The SMILES string of the molecule is Cn1cc(-c2nnc(N)nc2-c2c[nH]c3ccc(F)cc23)c2cc(Br)ccc21. The highest BCUT2D eigenvalue weighted by Gasteiger charge is 2.20.